The van der Waals surface area contributed by atoms with Gasteiger partial charge in [-0.3, -0.25) is 4.79 Å². The van der Waals surface area contributed by atoms with Gasteiger partial charge < -0.3 is 15.4 Å². The summed E-state index contributed by atoms with van der Waals surface area (Å²) in [5, 5.41) is 0.629. The Hall–Kier alpha value is -0.910. The highest BCUT2D eigenvalue weighted by atomic mass is 35.5. The second-order valence-corrected chi connectivity index (χ2v) is 5.40. The molecule has 98 valence electrons. The first-order valence-electron chi connectivity index (χ1n) is 5.70. The van der Waals surface area contributed by atoms with Gasteiger partial charge in [0, 0.05) is 23.7 Å². The molecular formula is C12H15ClN2O2S. The van der Waals surface area contributed by atoms with Gasteiger partial charge >= 0.3 is 0 Å². The molecule has 0 radical (unpaired) electrons. The van der Waals surface area contributed by atoms with Gasteiger partial charge in [0.1, 0.15) is 0 Å². The molecule has 1 amide bonds. The first-order chi connectivity index (χ1) is 8.66. The maximum atomic E-state index is 11.9. The lowest BCUT2D eigenvalue weighted by Gasteiger charge is -2.26. The summed E-state index contributed by atoms with van der Waals surface area (Å²) in [6, 6.07) is 5.29. The van der Waals surface area contributed by atoms with Crippen molar-refractivity contribution in [3.05, 3.63) is 23.2 Å². The second kappa shape index (κ2) is 6.31. The molecule has 0 aliphatic carbocycles. The van der Waals surface area contributed by atoms with Crippen LogP contribution in [-0.4, -0.2) is 42.9 Å². The number of hydrogen-bond acceptors (Lipinski definition) is 4. The second-order valence-electron chi connectivity index (χ2n) is 3.97. The molecule has 0 saturated carbocycles. The van der Waals surface area contributed by atoms with E-state index in [0.29, 0.717) is 42.8 Å². The van der Waals surface area contributed by atoms with Gasteiger partial charge in [-0.1, -0.05) is 11.6 Å². The van der Waals surface area contributed by atoms with E-state index in [1.165, 1.54) is 11.8 Å². The zero-order valence-corrected chi connectivity index (χ0v) is 11.5. The Morgan fingerprint density at radius 1 is 1.44 bits per heavy atom. The molecule has 1 aromatic rings. The summed E-state index contributed by atoms with van der Waals surface area (Å²) in [6.45, 7) is 2.58. The molecule has 1 heterocycles. The van der Waals surface area contributed by atoms with Crippen molar-refractivity contribution < 1.29 is 9.53 Å². The Kier molecular flexibility index (Phi) is 4.74. The number of halogens is 1. The van der Waals surface area contributed by atoms with Crippen molar-refractivity contribution in [3.63, 3.8) is 0 Å². The molecule has 2 N–H and O–H groups in total. The minimum atomic E-state index is 0.113. The van der Waals surface area contributed by atoms with Crippen molar-refractivity contribution in [2.24, 2.45) is 0 Å². The number of thioether (sulfide) groups is 1. The van der Waals surface area contributed by atoms with Crippen LogP contribution in [0.3, 0.4) is 0 Å². The minimum Gasteiger partial charge on any atom is -0.399 e. The Bertz CT molecular complexity index is 436. The number of carbonyl (C=O) groups excluding carboxylic acids is 1. The van der Waals surface area contributed by atoms with Crippen LogP contribution in [0.5, 0.6) is 0 Å². The molecule has 1 fully saturated rings. The van der Waals surface area contributed by atoms with Gasteiger partial charge in [0.15, 0.2) is 0 Å². The number of ether oxygens (including phenoxy) is 1. The molecule has 2 rings (SSSR count). The fourth-order valence-corrected chi connectivity index (χ4v) is 2.84. The lowest BCUT2D eigenvalue weighted by Crippen LogP contribution is -2.41. The number of morpholine rings is 1. The molecule has 1 saturated heterocycles. The van der Waals surface area contributed by atoms with Crippen molar-refractivity contribution >= 4 is 35.0 Å². The number of nitrogens with zero attached hydrogens (tertiary/aromatic N) is 1. The van der Waals surface area contributed by atoms with Gasteiger partial charge in [0.25, 0.3) is 0 Å². The standard InChI is InChI=1S/C12H15ClN2O2S/c13-10-2-1-9(14)7-11(10)18-8-12(16)15-3-5-17-6-4-15/h1-2,7H,3-6,8,14H2. The Morgan fingerprint density at radius 2 is 2.17 bits per heavy atom. The van der Waals surface area contributed by atoms with Crippen molar-refractivity contribution in [2.45, 2.75) is 4.90 Å². The summed E-state index contributed by atoms with van der Waals surface area (Å²) in [7, 11) is 0. The maximum absolute atomic E-state index is 11.9. The third-order valence-corrected chi connectivity index (χ3v) is 4.15. The normalized spacial score (nSPS) is 15.7. The quantitative estimate of drug-likeness (QED) is 0.681. The fourth-order valence-electron chi connectivity index (χ4n) is 1.67. The number of benzene rings is 1. The van der Waals surface area contributed by atoms with Gasteiger partial charge in [-0.2, -0.15) is 0 Å². The van der Waals surface area contributed by atoms with E-state index >= 15 is 0 Å². The van der Waals surface area contributed by atoms with Gasteiger partial charge in [-0.15, -0.1) is 11.8 Å². The lowest BCUT2D eigenvalue weighted by atomic mass is 10.3. The molecule has 1 aliphatic heterocycles. The zero-order valence-electron chi connectivity index (χ0n) is 9.89. The van der Waals surface area contributed by atoms with Gasteiger partial charge in [-0.25, -0.2) is 0 Å². The van der Waals surface area contributed by atoms with Crippen LogP contribution in [-0.2, 0) is 9.53 Å². The van der Waals surface area contributed by atoms with Crippen molar-refractivity contribution in [1.29, 1.82) is 0 Å². The van der Waals surface area contributed by atoms with Crippen molar-refractivity contribution in [3.8, 4) is 0 Å². The summed E-state index contributed by atoms with van der Waals surface area (Å²) < 4.78 is 5.21. The Balaban J connectivity index is 1.90. The summed E-state index contributed by atoms with van der Waals surface area (Å²) in [5.41, 5.74) is 6.35. The highest BCUT2D eigenvalue weighted by molar-refractivity contribution is 8.00. The van der Waals surface area contributed by atoms with Crippen LogP contribution in [0.25, 0.3) is 0 Å². The van der Waals surface area contributed by atoms with Gasteiger partial charge in [0.2, 0.25) is 5.91 Å². The maximum Gasteiger partial charge on any atom is 0.233 e. The van der Waals surface area contributed by atoms with E-state index in [1.54, 1.807) is 18.2 Å². The largest absolute Gasteiger partial charge is 0.399 e. The first-order valence-corrected chi connectivity index (χ1v) is 7.06. The molecule has 0 unspecified atom stereocenters. The molecule has 0 aromatic heterocycles. The molecular weight excluding hydrogens is 272 g/mol. The SMILES string of the molecule is Nc1ccc(Cl)c(SCC(=O)N2CCOCC2)c1. The Morgan fingerprint density at radius 3 is 2.89 bits per heavy atom. The summed E-state index contributed by atoms with van der Waals surface area (Å²) >= 11 is 7.46. The monoisotopic (exact) mass is 286 g/mol. The number of rotatable bonds is 3. The van der Waals surface area contributed by atoms with Crippen LogP contribution < -0.4 is 5.73 Å². The molecule has 0 spiro atoms. The van der Waals surface area contributed by atoms with Crippen molar-refractivity contribution in [1.82, 2.24) is 4.90 Å². The molecule has 6 heteroatoms. The topological polar surface area (TPSA) is 55.6 Å². The van der Waals surface area contributed by atoms with Crippen molar-refractivity contribution in [2.75, 3.05) is 37.8 Å². The fraction of sp³-hybridized carbons (Fsp3) is 0.417. The minimum absolute atomic E-state index is 0.113. The highest BCUT2D eigenvalue weighted by Gasteiger charge is 2.17. The van der Waals surface area contributed by atoms with Crippen LogP contribution in [0.2, 0.25) is 5.02 Å². The van der Waals surface area contributed by atoms with Crippen LogP contribution >= 0.6 is 23.4 Å². The summed E-state index contributed by atoms with van der Waals surface area (Å²) in [6.07, 6.45) is 0. The molecule has 1 aromatic carbocycles. The van der Waals surface area contributed by atoms with E-state index in [2.05, 4.69) is 0 Å². The molecule has 18 heavy (non-hydrogen) atoms. The molecule has 1 aliphatic rings. The number of nitrogen functional groups attached to an aromatic ring is 1. The van der Waals surface area contributed by atoms with Crippen LogP contribution in [0.15, 0.2) is 23.1 Å². The predicted molar refractivity (Wildman–Crippen MR) is 74.0 cm³/mol. The summed E-state index contributed by atoms with van der Waals surface area (Å²) in [5.74, 6) is 0.491. The molecule has 0 bridgehead atoms. The third kappa shape index (κ3) is 3.54. The average Bonchev–Trinajstić information content (AvgIpc) is 2.40. The van der Waals surface area contributed by atoms with Gasteiger partial charge in [-0.05, 0) is 18.2 Å². The van der Waals surface area contributed by atoms with Crippen LogP contribution in [0.1, 0.15) is 0 Å². The zero-order chi connectivity index (χ0) is 13.0. The lowest BCUT2D eigenvalue weighted by molar-refractivity contribution is -0.132. The number of carbonyl (C=O) groups is 1. The first kappa shape index (κ1) is 13.5. The van der Waals surface area contributed by atoms with E-state index in [0.717, 1.165) is 4.90 Å². The summed E-state index contributed by atoms with van der Waals surface area (Å²) in [4.78, 5) is 14.6. The van der Waals surface area contributed by atoms with E-state index in [9.17, 15) is 4.79 Å². The molecule has 4 nitrogen and oxygen atoms in total. The third-order valence-electron chi connectivity index (χ3n) is 2.67. The average molecular weight is 287 g/mol. The predicted octanol–water partition coefficient (Wildman–Crippen LogP) is 1.87. The van der Waals surface area contributed by atoms with Crippen LogP contribution in [0, 0.1) is 0 Å². The van der Waals surface area contributed by atoms with E-state index in [-0.39, 0.29) is 5.91 Å². The van der Waals surface area contributed by atoms with E-state index < -0.39 is 0 Å². The number of nitrogens with two attached hydrogens (primary N) is 1. The van der Waals surface area contributed by atoms with Crippen LogP contribution in [0.4, 0.5) is 5.69 Å². The molecule has 0 atom stereocenters. The number of amides is 1. The van der Waals surface area contributed by atoms with Gasteiger partial charge in [0.05, 0.1) is 24.0 Å². The highest BCUT2D eigenvalue weighted by Crippen LogP contribution is 2.29. The Labute approximate surface area is 115 Å². The number of hydrogen-bond donors (Lipinski definition) is 1. The van der Waals surface area contributed by atoms with E-state index in [1.807, 2.05) is 4.90 Å². The van der Waals surface area contributed by atoms with E-state index in [4.69, 9.17) is 22.1 Å². The number of anilines is 1. The smallest absolute Gasteiger partial charge is 0.233 e.